The second-order valence-corrected chi connectivity index (χ2v) is 5.34. The summed E-state index contributed by atoms with van der Waals surface area (Å²) in [4.78, 5) is 0. The number of halogens is 8. The summed E-state index contributed by atoms with van der Waals surface area (Å²) >= 11 is 11.3. The van der Waals surface area contributed by atoms with Crippen LogP contribution in [0, 0.1) is 5.92 Å². The zero-order valence-electron chi connectivity index (χ0n) is 8.04. The van der Waals surface area contributed by atoms with Crippen LogP contribution in [0.5, 0.6) is 0 Å². The highest BCUT2D eigenvalue weighted by molar-refractivity contribution is 6.26. The normalized spacial score (nSPS) is 40.9. The molecule has 1 aliphatic heterocycles. The first-order valence-corrected chi connectivity index (χ1v) is 5.59. The maximum Gasteiger partial charge on any atom is 0.415 e. The minimum absolute atomic E-state index is 0.396. The van der Waals surface area contributed by atoms with Gasteiger partial charge in [-0.15, -0.1) is 23.2 Å². The van der Waals surface area contributed by atoms with Gasteiger partial charge in [-0.25, -0.2) is 0 Å². The van der Waals surface area contributed by atoms with E-state index in [1.54, 1.807) is 5.32 Å². The number of hydrogen-bond donors (Lipinski definition) is 1. The van der Waals surface area contributed by atoms with E-state index >= 15 is 0 Å². The lowest BCUT2D eigenvalue weighted by molar-refractivity contribution is -0.318. The molecule has 100 valence electrons. The minimum Gasteiger partial charge on any atom is -0.290 e. The van der Waals surface area contributed by atoms with Crippen molar-refractivity contribution in [3.05, 3.63) is 0 Å². The molecule has 1 N–H and O–H groups in total. The minimum atomic E-state index is -5.45. The molecule has 1 saturated heterocycles. The monoisotopic (exact) mass is 301 g/mol. The van der Waals surface area contributed by atoms with E-state index in [9.17, 15) is 26.3 Å². The Bertz CT molecular complexity index is 313. The lowest BCUT2D eigenvalue weighted by Crippen LogP contribution is -2.70. The van der Waals surface area contributed by atoms with E-state index in [0.717, 1.165) is 0 Å². The van der Waals surface area contributed by atoms with Gasteiger partial charge in [-0.2, -0.15) is 26.3 Å². The molecule has 2 rings (SSSR count). The Kier molecular flexibility index (Phi) is 2.85. The van der Waals surface area contributed by atoms with Crippen LogP contribution in [0.3, 0.4) is 0 Å². The molecule has 1 nitrogen and oxygen atoms in total. The van der Waals surface area contributed by atoms with E-state index in [1.165, 1.54) is 0 Å². The molecule has 4 unspecified atom stereocenters. The number of rotatable bonds is 0. The topological polar surface area (TPSA) is 12.0 Å². The summed E-state index contributed by atoms with van der Waals surface area (Å²) in [5.74, 6) is -1.78. The molecule has 0 amide bonds. The standard InChI is InChI=1S/C8H7Cl2F6N/c9-3-1-2-4(10)5(3)17-6(2,7(11,12)13)8(14,15)16/h2-5,17H,1H2. The Morgan fingerprint density at radius 1 is 1.00 bits per heavy atom. The zero-order valence-corrected chi connectivity index (χ0v) is 9.55. The first-order chi connectivity index (χ1) is 7.52. The van der Waals surface area contributed by atoms with Crippen LogP contribution < -0.4 is 5.32 Å². The van der Waals surface area contributed by atoms with Gasteiger partial charge in [0.05, 0.1) is 10.8 Å². The van der Waals surface area contributed by atoms with Gasteiger partial charge in [0, 0.05) is 12.0 Å². The molecule has 2 bridgehead atoms. The van der Waals surface area contributed by atoms with Crippen LogP contribution in [0.15, 0.2) is 0 Å². The Hall–Kier alpha value is 0.120. The van der Waals surface area contributed by atoms with Crippen molar-refractivity contribution in [1.29, 1.82) is 0 Å². The quantitative estimate of drug-likeness (QED) is 0.536. The highest BCUT2D eigenvalue weighted by Crippen LogP contribution is 2.59. The molecule has 2 aliphatic rings. The fourth-order valence-corrected chi connectivity index (χ4v) is 3.69. The highest BCUT2D eigenvalue weighted by atomic mass is 35.5. The maximum absolute atomic E-state index is 12.8. The highest BCUT2D eigenvalue weighted by Gasteiger charge is 2.81. The Morgan fingerprint density at radius 3 is 1.71 bits per heavy atom. The smallest absolute Gasteiger partial charge is 0.290 e. The maximum atomic E-state index is 12.8. The van der Waals surface area contributed by atoms with E-state index in [0.29, 0.717) is 0 Å². The van der Waals surface area contributed by atoms with Gasteiger partial charge < -0.3 is 0 Å². The third-order valence-corrected chi connectivity index (χ3v) is 4.47. The number of alkyl halides is 8. The lowest BCUT2D eigenvalue weighted by atomic mass is 9.82. The molecule has 1 saturated carbocycles. The van der Waals surface area contributed by atoms with Crippen molar-refractivity contribution in [2.75, 3.05) is 0 Å². The number of hydrogen-bond acceptors (Lipinski definition) is 1. The summed E-state index contributed by atoms with van der Waals surface area (Å²) in [7, 11) is 0. The van der Waals surface area contributed by atoms with E-state index in [-0.39, 0.29) is 0 Å². The lowest BCUT2D eigenvalue weighted by Gasteiger charge is -2.41. The summed E-state index contributed by atoms with van der Waals surface area (Å²) in [6.45, 7) is 0. The number of piperidine rings is 1. The Balaban J connectivity index is 2.48. The predicted molar refractivity (Wildman–Crippen MR) is 49.2 cm³/mol. The largest absolute Gasteiger partial charge is 0.415 e. The van der Waals surface area contributed by atoms with E-state index in [1.807, 2.05) is 0 Å². The van der Waals surface area contributed by atoms with Crippen LogP contribution >= 0.6 is 23.2 Å². The summed E-state index contributed by atoms with van der Waals surface area (Å²) in [6, 6.07) is -1.17. The first kappa shape index (κ1) is 13.5. The first-order valence-electron chi connectivity index (χ1n) is 4.71. The summed E-state index contributed by atoms with van der Waals surface area (Å²) in [5, 5.41) is -0.499. The van der Waals surface area contributed by atoms with Crippen LogP contribution in [-0.4, -0.2) is 34.7 Å². The van der Waals surface area contributed by atoms with Crippen molar-refractivity contribution in [3.63, 3.8) is 0 Å². The van der Waals surface area contributed by atoms with Gasteiger partial charge in [-0.3, -0.25) is 5.32 Å². The predicted octanol–water partition coefficient (Wildman–Crippen LogP) is 3.06. The van der Waals surface area contributed by atoms with Crippen LogP contribution in [0.1, 0.15) is 6.42 Å². The molecule has 1 heterocycles. The van der Waals surface area contributed by atoms with Crippen molar-refractivity contribution in [2.45, 2.75) is 41.1 Å². The average molecular weight is 302 g/mol. The van der Waals surface area contributed by atoms with Gasteiger partial charge in [0.15, 0.2) is 0 Å². The second-order valence-electron chi connectivity index (χ2n) is 4.28. The van der Waals surface area contributed by atoms with Gasteiger partial charge in [0.2, 0.25) is 5.54 Å². The molecule has 0 aromatic rings. The van der Waals surface area contributed by atoms with Gasteiger partial charge in [-0.1, -0.05) is 0 Å². The number of nitrogens with one attached hydrogen (secondary N) is 1. The molecule has 4 atom stereocenters. The van der Waals surface area contributed by atoms with E-state index in [4.69, 9.17) is 23.2 Å². The molecule has 17 heavy (non-hydrogen) atoms. The fraction of sp³-hybridized carbons (Fsp3) is 1.00. The molecule has 0 radical (unpaired) electrons. The van der Waals surface area contributed by atoms with E-state index < -0.39 is 47.0 Å². The fourth-order valence-electron chi connectivity index (χ4n) is 2.67. The SMILES string of the molecule is FC(F)(F)C1(C(F)(F)F)NC2C(Cl)CC1C2Cl. The summed E-state index contributed by atoms with van der Waals surface area (Å²) < 4.78 is 76.7. The molecule has 2 fully saturated rings. The third kappa shape index (κ3) is 1.58. The summed E-state index contributed by atoms with van der Waals surface area (Å²) in [6.07, 6.45) is -11.3. The number of fused-ring (bicyclic) bond motifs is 2. The zero-order chi connectivity index (χ0) is 13.2. The average Bonchev–Trinajstić information content (AvgIpc) is 2.53. The molecule has 0 spiro atoms. The van der Waals surface area contributed by atoms with Crippen molar-refractivity contribution in [1.82, 2.24) is 5.32 Å². The molecule has 0 aromatic heterocycles. The molecule has 0 aromatic carbocycles. The van der Waals surface area contributed by atoms with Crippen molar-refractivity contribution < 1.29 is 26.3 Å². The van der Waals surface area contributed by atoms with Gasteiger partial charge in [0.25, 0.3) is 0 Å². The van der Waals surface area contributed by atoms with Gasteiger partial charge in [-0.05, 0) is 6.42 Å². The summed E-state index contributed by atoms with van der Waals surface area (Å²) in [5.41, 5.74) is -3.93. The van der Waals surface area contributed by atoms with E-state index in [2.05, 4.69) is 0 Å². The van der Waals surface area contributed by atoms with Crippen LogP contribution in [0.4, 0.5) is 26.3 Å². The Labute approximate surface area is 102 Å². The van der Waals surface area contributed by atoms with Gasteiger partial charge >= 0.3 is 12.4 Å². The van der Waals surface area contributed by atoms with Crippen LogP contribution in [0.25, 0.3) is 0 Å². The van der Waals surface area contributed by atoms with Crippen molar-refractivity contribution in [2.24, 2.45) is 5.92 Å². The second kappa shape index (κ2) is 3.57. The van der Waals surface area contributed by atoms with Crippen molar-refractivity contribution in [3.8, 4) is 0 Å². The third-order valence-electron chi connectivity index (χ3n) is 3.44. The van der Waals surface area contributed by atoms with Crippen LogP contribution in [0.2, 0.25) is 0 Å². The Morgan fingerprint density at radius 2 is 1.47 bits per heavy atom. The van der Waals surface area contributed by atoms with Gasteiger partial charge in [0.1, 0.15) is 0 Å². The molecule has 1 aliphatic carbocycles. The molecule has 9 heteroatoms. The molecular weight excluding hydrogens is 295 g/mol. The van der Waals surface area contributed by atoms with Crippen LogP contribution in [-0.2, 0) is 0 Å². The van der Waals surface area contributed by atoms with Crippen molar-refractivity contribution >= 4 is 23.2 Å². The molecular formula is C8H7Cl2F6N.